The van der Waals surface area contributed by atoms with Crippen LogP contribution < -0.4 is 18.9 Å². The Morgan fingerprint density at radius 3 is 0.906 bits per heavy atom. The van der Waals surface area contributed by atoms with Gasteiger partial charge in [0.25, 0.3) is 25.9 Å². The number of carboxylic acids is 4. The molecule has 2 aliphatic rings. The van der Waals surface area contributed by atoms with Gasteiger partial charge in [0, 0.05) is 43.8 Å². The summed E-state index contributed by atoms with van der Waals surface area (Å²) in [5.41, 5.74) is -3.12. The molecule has 314 valence electrons. The zero-order valence-electron chi connectivity index (χ0n) is 31.3. The van der Waals surface area contributed by atoms with E-state index in [-0.39, 0.29) is 139 Å². The molecule has 5 heterocycles. The van der Waals surface area contributed by atoms with Crippen molar-refractivity contribution in [3.63, 3.8) is 0 Å². The quantitative estimate of drug-likeness (QED) is 0.0951. The number of hydrogen-bond donors (Lipinski definition) is 6. The van der Waals surface area contributed by atoms with E-state index in [9.17, 15) is 58.8 Å². The second kappa shape index (κ2) is 14.9. The van der Waals surface area contributed by atoms with E-state index in [0.29, 0.717) is 0 Å². The van der Waals surface area contributed by atoms with Gasteiger partial charge in [0.05, 0.1) is 22.3 Å². The fourth-order valence-corrected chi connectivity index (χ4v) is 7.18. The highest BCUT2D eigenvalue weighted by atomic mass is 16.6. The van der Waals surface area contributed by atoms with Crippen LogP contribution in [0.4, 0.5) is 0 Å². The van der Waals surface area contributed by atoms with Gasteiger partial charge in [-0.15, -0.1) is 0 Å². The molecule has 0 unspecified atom stereocenters. The minimum Gasteiger partial charge on any atom is -0.478 e. The van der Waals surface area contributed by atoms with Crippen molar-refractivity contribution in [1.29, 1.82) is 0 Å². The lowest BCUT2D eigenvalue weighted by molar-refractivity contribution is -0.123. The number of aromatic nitrogens is 8. The summed E-state index contributed by atoms with van der Waals surface area (Å²) >= 11 is 0. The summed E-state index contributed by atoms with van der Waals surface area (Å²) in [5.74, 6) is -8.47. The number of H-pyrrole nitrogens is 2. The SMILES string of the molecule is O=COc1cc2c(cc1OC=O)-c1nc-2nc2[nH]c(nc3nc(nc4[nH]c(n1)c1cc(C(=O)O)c(C(=O)O)cc41)-c1cc(C(=O)O)c(C(=O)O)cc1-3)c1cc(OC=O)c(OC=O)cc21. The zero-order valence-corrected chi connectivity index (χ0v) is 31.3. The van der Waals surface area contributed by atoms with Gasteiger partial charge in [0.1, 0.15) is 22.6 Å². The van der Waals surface area contributed by atoms with Crippen LogP contribution in [0, 0.1) is 0 Å². The number of fused-ring (bicyclic) bond motifs is 20. The summed E-state index contributed by atoms with van der Waals surface area (Å²) in [4.78, 5) is 129. The maximum Gasteiger partial charge on any atom is 0.336 e. The van der Waals surface area contributed by atoms with E-state index in [4.69, 9.17) is 23.9 Å². The normalized spacial score (nSPS) is 11.2. The van der Waals surface area contributed by atoms with E-state index in [1.54, 1.807) is 0 Å². The Kier molecular flexibility index (Phi) is 9.20. The van der Waals surface area contributed by atoms with E-state index in [1.807, 2.05) is 0 Å². The number of benzene rings is 4. The van der Waals surface area contributed by atoms with E-state index in [0.717, 1.165) is 24.3 Å². The molecule has 0 fully saturated rings. The van der Waals surface area contributed by atoms with Gasteiger partial charge in [-0.2, -0.15) is 0 Å². The van der Waals surface area contributed by atoms with Crippen molar-refractivity contribution in [2.45, 2.75) is 0 Å². The van der Waals surface area contributed by atoms with Crippen molar-refractivity contribution < 1.29 is 77.7 Å². The molecule has 64 heavy (non-hydrogen) atoms. The van der Waals surface area contributed by atoms with Gasteiger partial charge >= 0.3 is 23.9 Å². The maximum atomic E-state index is 12.4. The van der Waals surface area contributed by atoms with Gasteiger partial charge in [-0.3, -0.25) is 19.2 Å². The highest BCUT2D eigenvalue weighted by Gasteiger charge is 2.29. The van der Waals surface area contributed by atoms with Crippen molar-refractivity contribution in [3.8, 4) is 68.5 Å². The summed E-state index contributed by atoms with van der Waals surface area (Å²) < 4.78 is 20.3. The molecular weight excluding hydrogens is 848 g/mol. The molecule has 0 saturated heterocycles. The van der Waals surface area contributed by atoms with Crippen LogP contribution in [0.15, 0.2) is 48.5 Å². The molecule has 8 bridgehead atoms. The molecule has 0 aliphatic carbocycles. The Morgan fingerprint density at radius 1 is 0.375 bits per heavy atom. The summed E-state index contributed by atoms with van der Waals surface area (Å²) in [6.07, 6.45) is 0. The summed E-state index contributed by atoms with van der Waals surface area (Å²) in [6, 6.07) is 9.03. The second-order valence-electron chi connectivity index (χ2n) is 13.3. The molecule has 7 aromatic rings. The summed E-state index contributed by atoms with van der Waals surface area (Å²) in [6.45, 7) is 0.252. The van der Waals surface area contributed by atoms with Crippen LogP contribution in [0.5, 0.6) is 23.0 Å². The minimum absolute atomic E-state index is 0.0267. The lowest BCUT2D eigenvalue weighted by Crippen LogP contribution is -2.08. The first kappa shape index (κ1) is 39.5. The number of carbonyl (C=O) groups excluding carboxylic acids is 4. The van der Waals surface area contributed by atoms with Gasteiger partial charge < -0.3 is 49.3 Å². The van der Waals surface area contributed by atoms with Crippen LogP contribution in [0.2, 0.25) is 0 Å². The number of hydrogen-bond acceptors (Lipinski definition) is 18. The first-order chi connectivity index (χ1) is 30.8. The molecule has 0 spiro atoms. The van der Waals surface area contributed by atoms with Crippen molar-refractivity contribution in [2.75, 3.05) is 0 Å². The smallest absolute Gasteiger partial charge is 0.336 e. The lowest BCUT2D eigenvalue weighted by atomic mass is 9.98. The van der Waals surface area contributed by atoms with Crippen molar-refractivity contribution >= 4 is 93.9 Å². The van der Waals surface area contributed by atoms with Crippen LogP contribution >= 0.6 is 0 Å². The van der Waals surface area contributed by atoms with Crippen molar-refractivity contribution in [2.24, 2.45) is 0 Å². The first-order valence-corrected chi connectivity index (χ1v) is 17.7. The van der Waals surface area contributed by atoms with E-state index in [1.165, 1.54) is 24.3 Å². The van der Waals surface area contributed by atoms with Crippen LogP contribution in [-0.4, -0.2) is 110 Å². The van der Waals surface area contributed by atoms with Crippen LogP contribution in [-0.2, 0) is 19.2 Å². The molecule has 0 amide bonds. The Balaban J connectivity index is 1.52. The number of ether oxygens (including phenoxy) is 4. The fourth-order valence-electron chi connectivity index (χ4n) is 7.18. The minimum atomic E-state index is -1.63. The molecule has 0 atom stereocenters. The number of nitrogens with zero attached hydrogens (tertiary/aromatic N) is 6. The molecule has 6 N–H and O–H groups in total. The molecule has 24 nitrogen and oxygen atoms in total. The Morgan fingerprint density at radius 2 is 0.625 bits per heavy atom. The lowest BCUT2D eigenvalue weighted by Gasteiger charge is -2.08. The number of rotatable bonds is 12. The third-order valence-electron chi connectivity index (χ3n) is 9.86. The van der Waals surface area contributed by atoms with Crippen LogP contribution in [0.3, 0.4) is 0 Å². The van der Waals surface area contributed by atoms with Crippen LogP contribution in [0.1, 0.15) is 41.4 Å². The third kappa shape index (κ3) is 6.35. The number of nitrogens with one attached hydrogen (secondary N) is 2. The van der Waals surface area contributed by atoms with Crippen LogP contribution in [0.25, 0.3) is 89.7 Å². The number of aromatic carboxylic acids is 4. The fraction of sp³-hybridized carbons (Fsp3) is 0. The average molecular weight is 867 g/mol. The second-order valence-corrected chi connectivity index (χ2v) is 13.3. The highest BCUT2D eigenvalue weighted by Crippen LogP contribution is 2.44. The van der Waals surface area contributed by atoms with E-state index in [2.05, 4.69) is 34.9 Å². The monoisotopic (exact) mass is 866 g/mol. The van der Waals surface area contributed by atoms with E-state index < -0.39 is 46.1 Å². The van der Waals surface area contributed by atoms with Gasteiger partial charge in [-0.05, 0) is 48.5 Å². The van der Waals surface area contributed by atoms with Crippen molar-refractivity contribution in [1.82, 2.24) is 39.9 Å². The summed E-state index contributed by atoms with van der Waals surface area (Å²) in [7, 11) is 0. The Bertz CT molecular complexity index is 3530. The third-order valence-corrected chi connectivity index (χ3v) is 9.86. The van der Waals surface area contributed by atoms with Gasteiger partial charge in [0.2, 0.25) is 0 Å². The predicted molar refractivity (Wildman–Crippen MR) is 211 cm³/mol. The molecule has 2 aliphatic heterocycles. The van der Waals surface area contributed by atoms with Crippen molar-refractivity contribution in [3.05, 3.63) is 70.8 Å². The van der Waals surface area contributed by atoms with E-state index >= 15 is 0 Å². The molecule has 24 heteroatoms. The highest BCUT2D eigenvalue weighted by molar-refractivity contribution is 6.13. The number of aromatic amines is 2. The molecule has 9 rings (SSSR count). The number of carbonyl (C=O) groups is 8. The standard InChI is InChI=1S/C40H18N8O16/c49-9-61-25-5-17-19(7-27(25)63-11-51)35-46-33(17)44-31-15-3-23(39(57)58)21(37(53)54)1-13(15)29(42-31)41-30-14-2-22(38(55)56)24(40(59)60)4-16(14)32(43-30)45-34-18-6-26(62-10-50)28(64-12-52)8-20(18)36(47-34)48-35/h1-12H,(H,53,54)(H,55,56)(H,57,58)(H,59,60)(H2,41,42,43,44,45,46,47,48). The number of carboxylic acid groups (broad SMARTS) is 4. The van der Waals surface area contributed by atoms with Gasteiger partial charge in [-0.1, -0.05) is 0 Å². The molecule has 3 aromatic heterocycles. The molecule has 0 saturated carbocycles. The Hall–Kier alpha value is -10.0. The van der Waals surface area contributed by atoms with Gasteiger partial charge in [-0.25, -0.2) is 49.1 Å². The topological polar surface area (TPSA) is 363 Å². The summed E-state index contributed by atoms with van der Waals surface area (Å²) in [5, 5.41) is 40.4. The zero-order chi connectivity index (χ0) is 45.1. The maximum absolute atomic E-state index is 12.4. The predicted octanol–water partition coefficient (Wildman–Crippen LogP) is 3.80. The molecule has 0 radical (unpaired) electrons. The largest absolute Gasteiger partial charge is 0.478 e. The first-order valence-electron chi connectivity index (χ1n) is 17.7. The average Bonchev–Trinajstić information content (AvgIpc) is 3.97. The molecule has 4 aromatic carbocycles. The molecular formula is C40H18N8O16. The Labute approximate surface area is 350 Å². The van der Waals surface area contributed by atoms with Gasteiger partial charge in [0.15, 0.2) is 46.3 Å².